The van der Waals surface area contributed by atoms with E-state index in [2.05, 4.69) is 139 Å². The van der Waals surface area contributed by atoms with Crippen LogP contribution in [-0.2, 0) is 0 Å². The summed E-state index contributed by atoms with van der Waals surface area (Å²) >= 11 is 3.80. The predicted molar refractivity (Wildman–Crippen MR) is 186 cm³/mol. The third-order valence-electron chi connectivity index (χ3n) is 9.21. The monoisotopic (exact) mass is 586 g/mol. The van der Waals surface area contributed by atoms with E-state index >= 15 is 0 Å². The minimum absolute atomic E-state index is 0.211. The van der Waals surface area contributed by atoms with Crippen LogP contribution in [0, 0.1) is 27.7 Å². The smallest absolute Gasteiger partial charge is 0.0307 e. The molecule has 0 spiro atoms. The fraction of sp³-hybridized carbons (Fsp3) is 0.300. The highest BCUT2D eigenvalue weighted by molar-refractivity contribution is 7.10. The Morgan fingerprint density at radius 1 is 0.476 bits per heavy atom. The van der Waals surface area contributed by atoms with Crippen LogP contribution in [0.25, 0.3) is 22.3 Å². The summed E-state index contributed by atoms with van der Waals surface area (Å²) in [4.78, 5) is 2.87. The van der Waals surface area contributed by atoms with Crippen LogP contribution < -0.4 is 0 Å². The van der Waals surface area contributed by atoms with Gasteiger partial charge >= 0.3 is 0 Å². The molecular formula is C40H42S2. The van der Waals surface area contributed by atoms with Crippen LogP contribution >= 0.6 is 22.7 Å². The molecule has 0 bridgehead atoms. The fourth-order valence-electron chi connectivity index (χ4n) is 6.90. The molecule has 0 N–H and O–H groups in total. The highest BCUT2D eigenvalue weighted by atomic mass is 32.1. The van der Waals surface area contributed by atoms with Crippen molar-refractivity contribution < 1.29 is 0 Å². The fourth-order valence-corrected chi connectivity index (χ4v) is 8.66. The molecule has 2 heteroatoms. The summed E-state index contributed by atoms with van der Waals surface area (Å²) in [5.41, 5.74) is 16.8. The van der Waals surface area contributed by atoms with Gasteiger partial charge in [0.2, 0.25) is 0 Å². The molecular weight excluding hydrogens is 545 g/mol. The van der Waals surface area contributed by atoms with Crippen molar-refractivity contribution in [3.05, 3.63) is 138 Å². The molecule has 0 fully saturated rings. The topological polar surface area (TPSA) is 0 Å². The highest BCUT2D eigenvalue weighted by Crippen LogP contribution is 2.54. The molecule has 0 saturated heterocycles. The molecule has 0 aliphatic heterocycles. The summed E-state index contributed by atoms with van der Waals surface area (Å²) in [5.74, 6) is 1.40. The lowest BCUT2D eigenvalue weighted by molar-refractivity contribution is 0.722. The molecule has 42 heavy (non-hydrogen) atoms. The second-order valence-electron chi connectivity index (χ2n) is 12.8. The molecule has 2 aromatic heterocycles. The maximum Gasteiger partial charge on any atom is 0.0307 e. The lowest BCUT2D eigenvalue weighted by Crippen LogP contribution is -2.13. The quantitative estimate of drug-likeness (QED) is 0.174. The van der Waals surface area contributed by atoms with E-state index in [0.29, 0.717) is 11.8 Å². The van der Waals surface area contributed by atoms with E-state index in [4.69, 9.17) is 0 Å². The van der Waals surface area contributed by atoms with Crippen molar-refractivity contribution in [2.24, 2.45) is 0 Å². The first kappa shape index (κ1) is 28.9. The van der Waals surface area contributed by atoms with Gasteiger partial charge < -0.3 is 0 Å². The van der Waals surface area contributed by atoms with E-state index in [1.165, 1.54) is 76.5 Å². The van der Waals surface area contributed by atoms with Gasteiger partial charge in [0.05, 0.1) is 0 Å². The van der Waals surface area contributed by atoms with Gasteiger partial charge in [0.1, 0.15) is 0 Å². The van der Waals surface area contributed by atoms with Crippen molar-refractivity contribution in [2.75, 3.05) is 0 Å². The Balaban J connectivity index is 1.66. The van der Waals surface area contributed by atoms with Gasteiger partial charge in [-0.1, -0.05) is 88.4 Å². The second-order valence-corrected chi connectivity index (χ2v) is 14.7. The van der Waals surface area contributed by atoms with Crippen molar-refractivity contribution in [2.45, 2.75) is 79.1 Å². The molecule has 4 aliphatic carbocycles. The first-order valence-electron chi connectivity index (χ1n) is 15.3. The SMILES string of the molecule is Cc1cc([C@@H](c2cccs2)[C@@H](c2cccs2)c2cc(C)c3cc(C(C)C)ccc(C)c2-3)c2c(C)ccc(C(C)C)cc1-2. The van der Waals surface area contributed by atoms with Crippen LogP contribution in [0.3, 0.4) is 0 Å². The van der Waals surface area contributed by atoms with E-state index in [1.807, 2.05) is 22.7 Å². The normalized spacial score (nSPS) is 13.5. The van der Waals surface area contributed by atoms with E-state index < -0.39 is 0 Å². The average Bonchev–Trinajstić information content (AvgIpc) is 3.72. The van der Waals surface area contributed by atoms with Crippen molar-refractivity contribution in [3.8, 4) is 22.3 Å². The van der Waals surface area contributed by atoms with Crippen LogP contribution in [0.5, 0.6) is 0 Å². The zero-order valence-electron chi connectivity index (χ0n) is 26.2. The van der Waals surface area contributed by atoms with Crippen molar-refractivity contribution in [1.29, 1.82) is 0 Å². The van der Waals surface area contributed by atoms with Gasteiger partial charge in [-0.2, -0.15) is 0 Å². The first-order chi connectivity index (χ1) is 20.2. The molecule has 0 saturated carbocycles. The Morgan fingerprint density at radius 3 is 1.21 bits per heavy atom. The summed E-state index contributed by atoms with van der Waals surface area (Å²) in [6, 6.07) is 28.5. The number of rotatable bonds is 7. The Morgan fingerprint density at radius 2 is 0.881 bits per heavy atom. The van der Waals surface area contributed by atoms with Crippen LogP contribution in [0.15, 0.2) is 83.6 Å². The van der Waals surface area contributed by atoms with Gasteiger partial charge in [-0.05, 0) is 129 Å². The van der Waals surface area contributed by atoms with Crippen LogP contribution in [0.1, 0.15) is 106 Å². The van der Waals surface area contributed by atoms with E-state index in [1.54, 1.807) is 0 Å². The summed E-state index contributed by atoms with van der Waals surface area (Å²) in [6.07, 6.45) is 0. The molecule has 4 aliphatic rings. The molecule has 0 nitrogen and oxygen atoms in total. The summed E-state index contributed by atoms with van der Waals surface area (Å²) in [5, 5.41) is 4.51. The number of fused-ring (bicyclic) bond motifs is 2. The molecule has 2 heterocycles. The summed E-state index contributed by atoms with van der Waals surface area (Å²) < 4.78 is 0. The van der Waals surface area contributed by atoms with E-state index in [0.717, 1.165) is 0 Å². The third-order valence-corrected chi connectivity index (χ3v) is 11.1. The van der Waals surface area contributed by atoms with Gasteiger partial charge in [0, 0.05) is 21.6 Å². The van der Waals surface area contributed by atoms with Gasteiger partial charge in [0.25, 0.3) is 0 Å². The van der Waals surface area contributed by atoms with Crippen molar-refractivity contribution in [1.82, 2.24) is 0 Å². The molecule has 2 aromatic rings. The number of hydrogen-bond acceptors (Lipinski definition) is 2. The third kappa shape index (κ3) is 5.03. The Bertz CT molecular complexity index is 1630. The van der Waals surface area contributed by atoms with Gasteiger partial charge in [-0.25, -0.2) is 0 Å². The number of thiophene rings is 2. The number of hydrogen-bond donors (Lipinski definition) is 0. The molecule has 6 rings (SSSR count). The maximum atomic E-state index is 2.51. The molecule has 2 atom stereocenters. The zero-order chi connectivity index (χ0) is 29.7. The first-order valence-corrected chi connectivity index (χ1v) is 17.1. The van der Waals surface area contributed by atoms with Crippen molar-refractivity contribution in [3.63, 3.8) is 0 Å². The van der Waals surface area contributed by atoms with E-state index in [9.17, 15) is 0 Å². The molecule has 0 unspecified atom stereocenters. The van der Waals surface area contributed by atoms with Crippen LogP contribution in [0.2, 0.25) is 0 Å². The minimum Gasteiger partial charge on any atom is -0.148 e. The van der Waals surface area contributed by atoms with Crippen LogP contribution in [0.4, 0.5) is 0 Å². The maximum absolute atomic E-state index is 2.51. The second kappa shape index (κ2) is 11.5. The summed E-state index contributed by atoms with van der Waals surface area (Å²) in [7, 11) is 0. The molecule has 214 valence electrons. The average molecular weight is 587 g/mol. The van der Waals surface area contributed by atoms with Crippen LogP contribution in [-0.4, -0.2) is 0 Å². The Hall–Kier alpha value is -3.20. The lowest BCUT2D eigenvalue weighted by Gasteiger charge is -2.28. The van der Waals surface area contributed by atoms with E-state index in [-0.39, 0.29) is 11.8 Å². The predicted octanol–water partition coefficient (Wildman–Crippen LogP) is 12.5. The largest absolute Gasteiger partial charge is 0.148 e. The molecule has 0 aromatic carbocycles. The van der Waals surface area contributed by atoms with Gasteiger partial charge in [-0.3, -0.25) is 0 Å². The minimum atomic E-state index is 0.211. The van der Waals surface area contributed by atoms with Gasteiger partial charge in [-0.15, -0.1) is 22.7 Å². The van der Waals surface area contributed by atoms with Gasteiger partial charge in [0.15, 0.2) is 0 Å². The lowest BCUT2D eigenvalue weighted by atomic mass is 9.77. The zero-order valence-corrected chi connectivity index (χ0v) is 27.8. The standard InChI is InChI=1S/C40H42S2/c1-23(2)29-15-13-25(5)37-31(21-29)27(7)19-33(37)39(35-11-9-17-41-35)40(36-12-10-18-42-36)34-20-28(8)32-22-30(24(3)4)16-14-26(6)38(32)34/h9-24,39-40H,1-8H3/t39-,40+. The number of aryl methyl sites for hydroxylation is 4. The Kier molecular flexibility index (Phi) is 7.89. The Labute approximate surface area is 260 Å². The molecule has 0 amide bonds. The highest BCUT2D eigenvalue weighted by Gasteiger charge is 2.36. The van der Waals surface area contributed by atoms with Crippen molar-refractivity contribution >= 4 is 22.7 Å². The summed E-state index contributed by atoms with van der Waals surface area (Å²) in [6.45, 7) is 18.4. The molecule has 0 radical (unpaired) electrons.